The predicted octanol–water partition coefficient (Wildman–Crippen LogP) is 1.05. The zero-order valence-corrected chi connectivity index (χ0v) is 6.58. The number of hydrogen-bond donors (Lipinski definition) is 1. The summed E-state index contributed by atoms with van der Waals surface area (Å²) in [5.74, 6) is 2.31. The molecule has 0 aliphatic carbocycles. The molecule has 0 aliphatic rings. The van der Waals surface area contributed by atoms with Gasteiger partial charge in [-0.15, -0.1) is 6.42 Å². The van der Waals surface area contributed by atoms with Crippen molar-refractivity contribution < 1.29 is 4.39 Å². The second kappa shape index (κ2) is 3.67. The molecule has 0 amide bonds. The van der Waals surface area contributed by atoms with Crippen molar-refractivity contribution in [3.63, 3.8) is 0 Å². The molecule has 1 aromatic rings. The van der Waals surface area contributed by atoms with Crippen molar-refractivity contribution in [3.05, 3.63) is 18.2 Å². The molecule has 0 saturated carbocycles. The van der Waals surface area contributed by atoms with Gasteiger partial charge in [-0.2, -0.15) is 0 Å². The first-order valence-electron chi connectivity index (χ1n) is 3.42. The highest BCUT2D eigenvalue weighted by Gasteiger charge is 1.99. The quantitative estimate of drug-likeness (QED) is 0.665. The summed E-state index contributed by atoms with van der Waals surface area (Å²) in [6, 6.07) is -0.157. The van der Waals surface area contributed by atoms with Gasteiger partial charge in [0.15, 0.2) is 5.82 Å². The highest BCUT2D eigenvalue weighted by molar-refractivity contribution is 5.27. The number of anilines is 1. The number of terminal acetylenes is 1. The third-order valence-corrected chi connectivity index (χ3v) is 1.22. The van der Waals surface area contributed by atoms with Crippen LogP contribution >= 0.6 is 0 Å². The van der Waals surface area contributed by atoms with Crippen LogP contribution in [0.2, 0.25) is 0 Å². The van der Waals surface area contributed by atoms with Crippen LogP contribution in [-0.2, 0) is 0 Å². The lowest BCUT2D eigenvalue weighted by molar-refractivity contribution is 0.614. The highest BCUT2D eigenvalue weighted by atomic mass is 19.1. The van der Waals surface area contributed by atoms with E-state index in [2.05, 4.69) is 21.2 Å². The van der Waals surface area contributed by atoms with E-state index in [1.807, 2.05) is 0 Å². The molecule has 0 aromatic carbocycles. The zero-order chi connectivity index (χ0) is 8.97. The van der Waals surface area contributed by atoms with Crippen molar-refractivity contribution >= 4 is 5.95 Å². The van der Waals surface area contributed by atoms with Crippen LogP contribution in [0.1, 0.15) is 6.92 Å². The van der Waals surface area contributed by atoms with Gasteiger partial charge in [0.2, 0.25) is 5.95 Å². The first kappa shape index (κ1) is 8.47. The fourth-order valence-corrected chi connectivity index (χ4v) is 0.622. The van der Waals surface area contributed by atoms with Gasteiger partial charge in [0, 0.05) is 0 Å². The number of aromatic nitrogens is 2. The topological polar surface area (TPSA) is 37.8 Å². The Labute approximate surface area is 70.0 Å². The molecule has 12 heavy (non-hydrogen) atoms. The summed E-state index contributed by atoms with van der Waals surface area (Å²) >= 11 is 0. The van der Waals surface area contributed by atoms with E-state index in [0.29, 0.717) is 5.95 Å². The number of halogens is 1. The van der Waals surface area contributed by atoms with Crippen LogP contribution in [0.5, 0.6) is 0 Å². The maximum Gasteiger partial charge on any atom is 0.223 e. The molecule has 1 rings (SSSR count). The van der Waals surface area contributed by atoms with Crippen molar-refractivity contribution in [3.8, 4) is 12.3 Å². The fraction of sp³-hybridized carbons (Fsp3) is 0.250. The molecular weight excluding hydrogens is 157 g/mol. The van der Waals surface area contributed by atoms with Crippen molar-refractivity contribution in [2.75, 3.05) is 5.32 Å². The second-order valence-corrected chi connectivity index (χ2v) is 2.26. The lowest BCUT2D eigenvalue weighted by atomic mass is 10.4. The molecule has 0 saturated heterocycles. The van der Waals surface area contributed by atoms with E-state index in [4.69, 9.17) is 6.42 Å². The third-order valence-electron chi connectivity index (χ3n) is 1.22. The van der Waals surface area contributed by atoms with Gasteiger partial charge in [0.1, 0.15) is 0 Å². The maximum atomic E-state index is 12.3. The standard InChI is InChI=1S/C8H8FN3/c1-3-6(2)12-8-10-4-7(9)5-11-8/h1,4-6H,2H3,(H,10,11,12). The average Bonchev–Trinajstić information content (AvgIpc) is 2.09. The van der Waals surface area contributed by atoms with Gasteiger partial charge in [-0.05, 0) is 6.92 Å². The average molecular weight is 165 g/mol. The molecule has 1 unspecified atom stereocenters. The van der Waals surface area contributed by atoms with Crippen LogP contribution in [0, 0.1) is 18.2 Å². The summed E-state index contributed by atoms with van der Waals surface area (Å²) in [6.45, 7) is 1.78. The van der Waals surface area contributed by atoms with Crippen molar-refractivity contribution in [1.29, 1.82) is 0 Å². The second-order valence-electron chi connectivity index (χ2n) is 2.26. The van der Waals surface area contributed by atoms with Crippen molar-refractivity contribution in [2.24, 2.45) is 0 Å². The molecule has 3 nitrogen and oxygen atoms in total. The van der Waals surface area contributed by atoms with E-state index in [1.54, 1.807) is 6.92 Å². The number of nitrogens with one attached hydrogen (secondary N) is 1. The van der Waals surface area contributed by atoms with E-state index in [1.165, 1.54) is 0 Å². The van der Waals surface area contributed by atoms with Gasteiger partial charge in [0.05, 0.1) is 18.4 Å². The Morgan fingerprint density at radius 2 is 2.17 bits per heavy atom. The van der Waals surface area contributed by atoms with Crippen LogP contribution in [-0.4, -0.2) is 16.0 Å². The van der Waals surface area contributed by atoms with E-state index in [0.717, 1.165) is 12.4 Å². The first-order valence-corrected chi connectivity index (χ1v) is 3.42. The largest absolute Gasteiger partial charge is 0.341 e. The lowest BCUT2D eigenvalue weighted by Gasteiger charge is -2.05. The zero-order valence-electron chi connectivity index (χ0n) is 6.58. The fourth-order valence-electron chi connectivity index (χ4n) is 0.622. The Balaban J connectivity index is 2.66. The summed E-state index contributed by atoms with van der Waals surface area (Å²) in [7, 11) is 0. The van der Waals surface area contributed by atoms with Crippen molar-refractivity contribution in [2.45, 2.75) is 13.0 Å². The van der Waals surface area contributed by atoms with Crippen LogP contribution < -0.4 is 5.32 Å². The van der Waals surface area contributed by atoms with Crippen LogP contribution in [0.3, 0.4) is 0 Å². The Hall–Kier alpha value is -1.63. The number of rotatable bonds is 2. The Morgan fingerprint density at radius 3 is 2.67 bits per heavy atom. The molecule has 1 N–H and O–H groups in total. The highest BCUT2D eigenvalue weighted by Crippen LogP contribution is 1.99. The third kappa shape index (κ3) is 2.20. The SMILES string of the molecule is C#CC(C)Nc1ncc(F)cn1. The molecule has 0 fully saturated rings. The summed E-state index contributed by atoms with van der Waals surface area (Å²) < 4.78 is 12.3. The monoisotopic (exact) mass is 165 g/mol. The summed E-state index contributed by atoms with van der Waals surface area (Å²) in [4.78, 5) is 7.35. The van der Waals surface area contributed by atoms with E-state index >= 15 is 0 Å². The Morgan fingerprint density at radius 1 is 1.58 bits per heavy atom. The molecule has 0 aliphatic heterocycles. The lowest BCUT2D eigenvalue weighted by Crippen LogP contribution is -2.14. The molecule has 1 heterocycles. The van der Waals surface area contributed by atoms with Gasteiger partial charge in [-0.25, -0.2) is 14.4 Å². The summed E-state index contributed by atoms with van der Waals surface area (Å²) in [6.07, 6.45) is 7.27. The molecule has 0 spiro atoms. The minimum atomic E-state index is -0.464. The molecule has 1 atom stereocenters. The molecular formula is C8H8FN3. The first-order chi connectivity index (χ1) is 5.72. The van der Waals surface area contributed by atoms with Gasteiger partial charge >= 0.3 is 0 Å². The number of hydrogen-bond acceptors (Lipinski definition) is 3. The van der Waals surface area contributed by atoms with E-state index in [9.17, 15) is 4.39 Å². The van der Waals surface area contributed by atoms with Gasteiger partial charge in [-0.3, -0.25) is 0 Å². The predicted molar refractivity (Wildman–Crippen MR) is 43.9 cm³/mol. The smallest absolute Gasteiger partial charge is 0.223 e. The minimum absolute atomic E-state index is 0.157. The van der Waals surface area contributed by atoms with Gasteiger partial charge in [0.25, 0.3) is 0 Å². The van der Waals surface area contributed by atoms with Crippen LogP contribution in [0.15, 0.2) is 12.4 Å². The normalized spacial score (nSPS) is 11.8. The Bertz CT molecular complexity index is 288. The molecule has 4 heteroatoms. The molecule has 1 aromatic heterocycles. The van der Waals surface area contributed by atoms with E-state index < -0.39 is 5.82 Å². The molecule has 0 bridgehead atoms. The van der Waals surface area contributed by atoms with Gasteiger partial charge < -0.3 is 5.32 Å². The van der Waals surface area contributed by atoms with E-state index in [-0.39, 0.29) is 6.04 Å². The summed E-state index contributed by atoms with van der Waals surface area (Å²) in [5, 5.41) is 2.79. The Kier molecular flexibility index (Phi) is 2.59. The minimum Gasteiger partial charge on any atom is -0.341 e. The summed E-state index contributed by atoms with van der Waals surface area (Å²) in [5.41, 5.74) is 0. The van der Waals surface area contributed by atoms with Gasteiger partial charge in [-0.1, -0.05) is 5.92 Å². The van der Waals surface area contributed by atoms with Crippen LogP contribution in [0.4, 0.5) is 10.3 Å². The maximum absolute atomic E-state index is 12.3. The van der Waals surface area contributed by atoms with Crippen LogP contribution in [0.25, 0.3) is 0 Å². The number of nitrogens with zero attached hydrogens (tertiary/aromatic N) is 2. The van der Waals surface area contributed by atoms with Crippen molar-refractivity contribution in [1.82, 2.24) is 9.97 Å². The molecule has 0 radical (unpaired) electrons. The molecule has 62 valence electrons.